The van der Waals surface area contributed by atoms with Crippen molar-refractivity contribution >= 4 is 0 Å². The molecule has 2 nitrogen and oxygen atoms in total. The number of nitrogens with two attached hydrogens (primary N) is 1. The van der Waals surface area contributed by atoms with E-state index < -0.39 is 0 Å². The summed E-state index contributed by atoms with van der Waals surface area (Å²) in [5, 5.41) is 3.25. The van der Waals surface area contributed by atoms with Crippen LogP contribution in [0.25, 0.3) is 0 Å². The van der Waals surface area contributed by atoms with Crippen LogP contribution in [0.1, 0.15) is 34.1 Å². The van der Waals surface area contributed by atoms with E-state index in [0.717, 1.165) is 6.42 Å². The molecule has 0 spiro atoms. The van der Waals surface area contributed by atoms with Gasteiger partial charge in [0.2, 0.25) is 0 Å². The molecule has 0 saturated carbocycles. The van der Waals surface area contributed by atoms with Gasteiger partial charge in [0, 0.05) is 18.4 Å². The fraction of sp³-hybridized carbons (Fsp3) is 0.778. The Morgan fingerprint density at radius 3 is 2.27 bits per heavy atom. The molecule has 11 heavy (non-hydrogen) atoms. The summed E-state index contributed by atoms with van der Waals surface area (Å²) in [6, 6.07) is 0.502. The van der Waals surface area contributed by atoms with Crippen LogP contribution in [0.5, 0.6) is 0 Å². The number of nitrogens with one attached hydrogen (secondary N) is 1. The molecule has 1 atom stereocenters. The van der Waals surface area contributed by atoms with Crippen LogP contribution in [-0.2, 0) is 0 Å². The molecule has 0 aromatic heterocycles. The van der Waals surface area contributed by atoms with E-state index in [9.17, 15) is 0 Å². The highest BCUT2D eigenvalue weighted by Gasteiger charge is 2.20. The van der Waals surface area contributed by atoms with Crippen LogP contribution >= 0.6 is 0 Å². The van der Waals surface area contributed by atoms with E-state index in [1.165, 1.54) is 6.20 Å². The van der Waals surface area contributed by atoms with E-state index in [1.54, 1.807) is 6.20 Å². The molecule has 0 aliphatic carbocycles. The van der Waals surface area contributed by atoms with Crippen molar-refractivity contribution in [2.75, 3.05) is 0 Å². The molecule has 0 amide bonds. The Labute approximate surface area is 69.9 Å². The van der Waals surface area contributed by atoms with E-state index >= 15 is 0 Å². The second kappa shape index (κ2) is 4.27. The molecular formula is C9H20N2. The largest absolute Gasteiger partial charge is 0.403 e. The molecule has 0 saturated heterocycles. The maximum absolute atomic E-state index is 5.23. The van der Waals surface area contributed by atoms with Gasteiger partial charge < -0.3 is 11.1 Å². The third kappa shape index (κ3) is 3.91. The summed E-state index contributed by atoms with van der Waals surface area (Å²) < 4.78 is 0. The summed E-state index contributed by atoms with van der Waals surface area (Å²) in [5.41, 5.74) is 5.53. The summed E-state index contributed by atoms with van der Waals surface area (Å²) >= 11 is 0. The topological polar surface area (TPSA) is 38.0 Å². The van der Waals surface area contributed by atoms with Gasteiger partial charge in [0.1, 0.15) is 0 Å². The molecule has 0 aliphatic rings. The molecule has 3 N–H and O–H groups in total. The van der Waals surface area contributed by atoms with Crippen molar-refractivity contribution in [1.29, 1.82) is 0 Å². The van der Waals surface area contributed by atoms with Gasteiger partial charge in [-0.15, -0.1) is 0 Å². The van der Waals surface area contributed by atoms with Crippen molar-refractivity contribution in [2.24, 2.45) is 11.1 Å². The highest BCUT2D eigenvalue weighted by Crippen LogP contribution is 2.21. The van der Waals surface area contributed by atoms with Crippen molar-refractivity contribution in [3.05, 3.63) is 12.4 Å². The zero-order valence-electron chi connectivity index (χ0n) is 8.02. The first-order valence-electron chi connectivity index (χ1n) is 4.15. The third-order valence-corrected chi connectivity index (χ3v) is 1.85. The van der Waals surface area contributed by atoms with Gasteiger partial charge in [0.25, 0.3) is 0 Å². The molecule has 0 aliphatic heterocycles. The molecule has 0 rings (SSSR count). The summed E-state index contributed by atoms with van der Waals surface area (Å²) in [6.45, 7) is 8.84. The van der Waals surface area contributed by atoms with Gasteiger partial charge in [0.15, 0.2) is 0 Å². The molecule has 0 aromatic rings. The first-order valence-corrected chi connectivity index (χ1v) is 4.15. The summed E-state index contributed by atoms with van der Waals surface area (Å²) in [4.78, 5) is 0. The summed E-state index contributed by atoms with van der Waals surface area (Å²) in [7, 11) is 0. The number of rotatable bonds is 3. The fourth-order valence-electron chi connectivity index (χ4n) is 1.15. The van der Waals surface area contributed by atoms with Gasteiger partial charge in [-0.3, -0.25) is 0 Å². The minimum Gasteiger partial charge on any atom is -0.403 e. The van der Waals surface area contributed by atoms with Crippen LogP contribution in [0.3, 0.4) is 0 Å². The smallest absolute Gasteiger partial charge is 0.0302 e. The van der Waals surface area contributed by atoms with Crippen molar-refractivity contribution < 1.29 is 0 Å². The Hall–Kier alpha value is -0.660. The number of hydrogen-bond acceptors (Lipinski definition) is 2. The van der Waals surface area contributed by atoms with E-state index in [0.29, 0.717) is 11.5 Å². The maximum Gasteiger partial charge on any atom is 0.0302 e. The Morgan fingerprint density at radius 2 is 2.00 bits per heavy atom. The Morgan fingerprint density at radius 1 is 1.45 bits per heavy atom. The van der Waals surface area contributed by atoms with Crippen LogP contribution in [-0.4, -0.2) is 6.04 Å². The van der Waals surface area contributed by atoms with E-state index in [2.05, 4.69) is 33.0 Å². The van der Waals surface area contributed by atoms with E-state index in [1.807, 2.05) is 0 Å². The quantitative estimate of drug-likeness (QED) is 0.654. The Bertz CT molecular complexity index is 122. The van der Waals surface area contributed by atoms with Gasteiger partial charge in [-0.25, -0.2) is 0 Å². The minimum atomic E-state index is 0.300. The normalized spacial score (nSPS) is 15.3. The molecule has 0 fully saturated rings. The highest BCUT2D eigenvalue weighted by atomic mass is 14.9. The molecular weight excluding hydrogens is 136 g/mol. The monoisotopic (exact) mass is 156 g/mol. The van der Waals surface area contributed by atoms with Crippen LogP contribution < -0.4 is 11.1 Å². The third-order valence-electron chi connectivity index (χ3n) is 1.85. The SMILES string of the molecule is CCC(N/C=C\N)C(C)(C)C. The molecule has 0 aromatic carbocycles. The molecule has 0 bridgehead atoms. The van der Waals surface area contributed by atoms with E-state index in [-0.39, 0.29) is 0 Å². The van der Waals surface area contributed by atoms with Gasteiger partial charge in [-0.05, 0) is 11.8 Å². The van der Waals surface area contributed by atoms with Crippen molar-refractivity contribution in [1.82, 2.24) is 5.32 Å². The average molecular weight is 156 g/mol. The predicted molar refractivity (Wildman–Crippen MR) is 50.0 cm³/mol. The molecule has 66 valence electrons. The lowest BCUT2D eigenvalue weighted by Crippen LogP contribution is -2.36. The molecule has 0 radical (unpaired) electrons. The van der Waals surface area contributed by atoms with Gasteiger partial charge >= 0.3 is 0 Å². The molecule has 1 unspecified atom stereocenters. The highest BCUT2D eigenvalue weighted by molar-refractivity contribution is 4.85. The summed E-state index contributed by atoms with van der Waals surface area (Å²) in [5.74, 6) is 0. The van der Waals surface area contributed by atoms with Crippen LogP contribution in [0.2, 0.25) is 0 Å². The standard InChI is InChI=1S/C9H20N2/c1-5-8(9(2,3)4)11-7-6-10/h6-8,11H,5,10H2,1-4H3/b7-6-. The lowest BCUT2D eigenvalue weighted by atomic mass is 9.85. The minimum absolute atomic E-state index is 0.300. The van der Waals surface area contributed by atoms with Crippen LogP contribution in [0, 0.1) is 5.41 Å². The van der Waals surface area contributed by atoms with Gasteiger partial charge in [0.05, 0.1) is 0 Å². The molecule has 2 heteroatoms. The van der Waals surface area contributed by atoms with Crippen molar-refractivity contribution in [2.45, 2.75) is 40.2 Å². The Balaban J connectivity index is 3.96. The first kappa shape index (κ1) is 10.3. The van der Waals surface area contributed by atoms with Crippen molar-refractivity contribution in [3.63, 3.8) is 0 Å². The second-order valence-electron chi connectivity index (χ2n) is 3.85. The average Bonchev–Trinajstić information content (AvgIpc) is 1.87. The lowest BCUT2D eigenvalue weighted by Gasteiger charge is -2.29. The van der Waals surface area contributed by atoms with Crippen LogP contribution in [0.15, 0.2) is 12.4 Å². The fourth-order valence-corrected chi connectivity index (χ4v) is 1.15. The van der Waals surface area contributed by atoms with Crippen molar-refractivity contribution in [3.8, 4) is 0 Å². The van der Waals surface area contributed by atoms with Gasteiger partial charge in [-0.1, -0.05) is 27.7 Å². The summed E-state index contributed by atoms with van der Waals surface area (Å²) in [6.07, 6.45) is 4.46. The van der Waals surface area contributed by atoms with Gasteiger partial charge in [-0.2, -0.15) is 0 Å². The lowest BCUT2D eigenvalue weighted by molar-refractivity contribution is 0.282. The zero-order chi connectivity index (χ0) is 8.91. The maximum atomic E-state index is 5.23. The molecule has 0 heterocycles. The first-order chi connectivity index (χ1) is 5.02. The predicted octanol–water partition coefficient (Wildman–Crippen LogP) is 1.83. The zero-order valence-corrected chi connectivity index (χ0v) is 8.02. The van der Waals surface area contributed by atoms with Crippen LogP contribution in [0.4, 0.5) is 0 Å². The second-order valence-corrected chi connectivity index (χ2v) is 3.85. The Kier molecular flexibility index (Phi) is 4.01. The number of hydrogen-bond donors (Lipinski definition) is 2. The van der Waals surface area contributed by atoms with E-state index in [4.69, 9.17) is 5.73 Å².